The first kappa shape index (κ1) is 14.7. The lowest BCUT2D eigenvalue weighted by Gasteiger charge is -2.33. The Labute approximate surface area is 129 Å². The Bertz CT molecular complexity index is 645. The predicted molar refractivity (Wildman–Crippen MR) is 82.7 cm³/mol. The lowest BCUT2D eigenvalue weighted by molar-refractivity contribution is 0.0696. The lowest BCUT2D eigenvalue weighted by atomic mass is 9.89. The summed E-state index contributed by atoms with van der Waals surface area (Å²) in [6, 6.07) is 7.32. The fourth-order valence-corrected chi connectivity index (χ4v) is 3.07. The van der Waals surface area contributed by atoms with Crippen molar-refractivity contribution < 1.29 is 9.90 Å². The fraction of sp³-hybridized carbons (Fsp3) is 0.353. The number of aromatic carboxylic acids is 1. The molecule has 22 heavy (non-hydrogen) atoms. The highest BCUT2D eigenvalue weighted by Crippen LogP contribution is 2.28. The molecule has 5 heteroatoms. The molecule has 0 spiro atoms. The average Bonchev–Trinajstić information content (AvgIpc) is 2.56. The number of benzene rings is 1. The molecule has 2 aromatic rings. The van der Waals surface area contributed by atoms with Crippen molar-refractivity contribution in [3.63, 3.8) is 0 Å². The van der Waals surface area contributed by atoms with Crippen LogP contribution in [-0.4, -0.2) is 39.0 Å². The van der Waals surface area contributed by atoms with Crippen LogP contribution in [0.4, 0.5) is 0 Å². The van der Waals surface area contributed by atoms with Gasteiger partial charge in [0.2, 0.25) is 0 Å². The van der Waals surface area contributed by atoms with Crippen LogP contribution in [0.2, 0.25) is 0 Å². The van der Waals surface area contributed by atoms with Crippen molar-refractivity contribution in [1.29, 1.82) is 0 Å². The molecular weight excluding hydrogens is 278 g/mol. The van der Waals surface area contributed by atoms with E-state index >= 15 is 0 Å². The summed E-state index contributed by atoms with van der Waals surface area (Å²) >= 11 is 0. The molecule has 114 valence electrons. The first-order valence-corrected chi connectivity index (χ1v) is 7.52. The van der Waals surface area contributed by atoms with Gasteiger partial charge < -0.3 is 5.11 Å². The number of carboxylic acid groups (broad SMARTS) is 1. The summed E-state index contributed by atoms with van der Waals surface area (Å²) in [5.74, 6) is -0.478. The first-order chi connectivity index (χ1) is 10.7. The van der Waals surface area contributed by atoms with Crippen molar-refractivity contribution >= 4 is 5.97 Å². The topological polar surface area (TPSA) is 66.3 Å². The van der Waals surface area contributed by atoms with Gasteiger partial charge in [-0.3, -0.25) is 4.90 Å². The average molecular weight is 297 g/mol. The molecule has 5 nitrogen and oxygen atoms in total. The molecule has 1 aromatic carbocycles. The van der Waals surface area contributed by atoms with Gasteiger partial charge in [-0.05, 0) is 43.0 Å². The first-order valence-electron chi connectivity index (χ1n) is 7.52. The van der Waals surface area contributed by atoms with E-state index in [1.165, 1.54) is 0 Å². The molecule has 0 saturated carbocycles. The number of nitrogens with zero attached hydrogens (tertiary/aromatic N) is 3. The van der Waals surface area contributed by atoms with Crippen molar-refractivity contribution in [2.24, 2.45) is 0 Å². The number of likely N-dealkylation sites (tertiary alicyclic amines) is 1. The number of aromatic nitrogens is 2. The maximum Gasteiger partial charge on any atom is 0.335 e. The van der Waals surface area contributed by atoms with Crippen molar-refractivity contribution in [3.05, 3.63) is 59.7 Å². The third-order valence-corrected chi connectivity index (χ3v) is 4.13. The summed E-state index contributed by atoms with van der Waals surface area (Å²) in [6.07, 6.45) is 7.46. The van der Waals surface area contributed by atoms with Crippen LogP contribution in [0.25, 0.3) is 0 Å². The zero-order chi connectivity index (χ0) is 15.4. The number of piperidine rings is 1. The van der Waals surface area contributed by atoms with Crippen LogP contribution >= 0.6 is 0 Å². The van der Waals surface area contributed by atoms with Crippen LogP contribution in [0.5, 0.6) is 0 Å². The molecule has 1 fully saturated rings. The summed E-state index contributed by atoms with van der Waals surface area (Å²) in [6.45, 7) is 2.85. The number of carbonyl (C=O) groups is 1. The summed E-state index contributed by atoms with van der Waals surface area (Å²) in [4.78, 5) is 21.6. The molecule has 0 radical (unpaired) electrons. The highest BCUT2D eigenvalue weighted by molar-refractivity contribution is 5.87. The van der Waals surface area contributed by atoms with E-state index < -0.39 is 5.97 Å². The molecule has 1 saturated heterocycles. The number of carboxylic acids is 1. The van der Waals surface area contributed by atoms with Gasteiger partial charge in [-0.25, -0.2) is 14.8 Å². The van der Waals surface area contributed by atoms with E-state index in [4.69, 9.17) is 5.11 Å². The SMILES string of the molecule is O=C(O)c1cccc([C@@H]2CCCN(Cc3cncnc3)C2)c1. The monoisotopic (exact) mass is 297 g/mol. The largest absolute Gasteiger partial charge is 0.478 e. The second-order valence-corrected chi connectivity index (χ2v) is 5.75. The van der Waals surface area contributed by atoms with Gasteiger partial charge in [-0.15, -0.1) is 0 Å². The van der Waals surface area contributed by atoms with Gasteiger partial charge in [-0.1, -0.05) is 12.1 Å². The van der Waals surface area contributed by atoms with E-state index in [0.29, 0.717) is 11.5 Å². The highest BCUT2D eigenvalue weighted by atomic mass is 16.4. The van der Waals surface area contributed by atoms with Crippen LogP contribution in [0.15, 0.2) is 43.0 Å². The van der Waals surface area contributed by atoms with Crippen molar-refractivity contribution in [3.8, 4) is 0 Å². The minimum absolute atomic E-state index is 0.367. The van der Waals surface area contributed by atoms with E-state index in [1.807, 2.05) is 30.6 Å². The van der Waals surface area contributed by atoms with Gasteiger partial charge >= 0.3 is 5.97 Å². The Balaban J connectivity index is 1.70. The minimum Gasteiger partial charge on any atom is -0.478 e. The third kappa shape index (κ3) is 3.49. The van der Waals surface area contributed by atoms with Crippen LogP contribution < -0.4 is 0 Å². The van der Waals surface area contributed by atoms with E-state index in [9.17, 15) is 4.79 Å². The standard InChI is InChI=1S/C17H19N3O2/c21-17(22)15-4-1-3-14(7-15)16-5-2-6-20(11-16)10-13-8-18-12-19-9-13/h1,3-4,7-9,12,16H,2,5-6,10-11H2,(H,21,22)/t16-/m1/s1. The molecule has 1 N–H and O–H groups in total. The molecular formula is C17H19N3O2. The van der Waals surface area contributed by atoms with Gasteiger partial charge in [0.25, 0.3) is 0 Å². The third-order valence-electron chi connectivity index (χ3n) is 4.13. The van der Waals surface area contributed by atoms with Crippen LogP contribution in [-0.2, 0) is 6.54 Å². The van der Waals surface area contributed by atoms with Gasteiger partial charge in [0, 0.05) is 31.0 Å². The Morgan fingerprint density at radius 3 is 2.91 bits per heavy atom. The molecule has 0 unspecified atom stereocenters. The van der Waals surface area contributed by atoms with Gasteiger partial charge in [0.15, 0.2) is 0 Å². The van der Waals surface area contributed by atoms with E-state index in [-0.39, 0.29) is 0 Å². The quantitative estimate of drug-likeness (QED) is 0.939. The fourth-order valence-electron chi connectivity index (χ4n) is 3.07. The summed E-state index contributed by atoms with van der Waals surface area (Å²) in [5, 5.41) is 9.13. The van der Waals surface area contributed by atoms with Gasteiger partial charge in [-0.2, -0.15) is 0 Å². The number of hydrogen-bond acceptors (Lipinski definition) is 4. The summed E-state index contributed by atoms with van der Waals surface area (Å²) in [7, 11) is 0. The molecule has 1 aliphatic heterocycles. The Morgan fingerprint density at radius 2 is 2.14 bits per heavy atom. The molecule has 0 amide bonds. The van der Waals surface area contributed by atoms with Crippen molar-refractivity contribution in [2.45, 2.75) is 25.3 Å². The van der Waals surface area contributed by atoms with Crippen molar-refractivity contribution in [1.82, 2.24) is 14.9 Å². The number of rotatable bonds is 4. The second-order valence-electron chi connectivity index (χ2n) is 5.75. The maximum atomic E-state index is 11.1. The second kappa shape index (κ2) is 6.66. The van der Waals surface area contributed by atoms with E-state index in [1.54, 1.807) is 12.4 Å². The summed E-state index contributed by atoms with van der Waals surface area (Å²) < 4.78 is 0. The molecule has 1 aromatic heterocycles. The zero-order valence-corrected chi connectivity index (χ0v) is 12.4. The molecule has 1 aliphatic rings. The minimum atomic E-state index is -0.865. The Hall–Kier alpha value is -2.27. The number of hydrogen-bond donors (Lipinski definition) is 1. The van der Waals surface area contributed by atoms with Gasteiger partial charge in [0.1, 0.15) is 6.33 Å². The highest BCUT2D eigenvalue weighted by Gasteiger charge is 2.22. The maximum absolute atomic E-state index is 11.1. The normalized spacial score (nSPS) is 19.0. The molecule has 0 aliphatic carbocycles. The van der Waals surface area contributed by atoms with Crippen LogP contribution in [0.1, 0.15) is 40.2 Å². The van der Waals surface area contributed by atoms with Crippen LogP contribution in [0.3, 0.4) is 0 Å². The summed E-state index contributed by atoms with van der Waals surface area (Å²) in [5.41, 5.74) is 2.60. The predicted octanol–water partition coefficient (Wildman–Crippen LogP) is 2.55. The Morgan fingerprint density at radius 1 is 1.32 bits per heavy atom. The lowest BCUT2D eigenvalue weighted by Crippen LogP contribution is -2.34. The van der Waals surface area contributed by atoms with Crippen LogP contribution in [0, 0.1) is 0 Å². The van der Waals surface area contributed by atoms with E-state index in [0.717, 1.165) is 43.6 Å². The molecule has 1 atom stereocenters. The zero-order valence-electron chi connectivity index (χ0n) is 12.4. The smallest absolute Gasteiger partial charge is 0.335 e. The molecule has 2 heterocycles. The molecule has 3 rings (SSSR count). The van der Waals surface area contributed by atoms with E-state index in [2.05, 4.69) is 14.9 Å². The van der Waals surface area contributed by atoms with Crippen molar-refractivity contribution in [2.75, 3.05) is 13.1 Å². The Kier molecular flexibility index (Phi) is 4.44. The van der Waals surface area contributed by atoms with Gasteiger partial charge in [0.05, 0.1) is 5.56 Å². The molecule has 0 bridgehead atoms.